The molecule has 1 saturated heterocycles. The Morgan fingerprint density at radius 3 is 2.62 bits per heavy atom. The van der Waals surface area contributed by atoms with Crippen LogP contribution in [-0.4, -0.2) is 45.6 Å². The highest BCUT2D eigenvalue weighted by Crippen LogP contribution is 2.29. The number of carbonyl (C=O) groups is 1. The Bertz CT molecular complexity index is 1200. The van der Waals surface area contributed by atoms with Crippen molar-refractivity contribution in [3.05, 3.63) is 69.0 Å². The number of benzene rings is 2. The van der Waals surface area contributed by atoms with Gasteiger partial charge in [0.15, 0.2) is 4.34 Å². The molecule has 2 aromatic carbocycles. The predicted octanol–water partition coefficient (Wildman–Crippen LogP) is 5.77. The van der Waals surface area contributed by atoms with Crippen LogP contribution in [0.1, 0.15) is 24.0 Å². The van der Waals surface area contributed by atoms with E-state index in [1.165, 1.54) is 23.1 Å². The molecule has 0 radical (unpaired) electrons. The molecule has 1 amide bonds. The second kappa shape index (κ2) is 11.1. The van der Waals surface area contributed by atoms with Crippen molar-refractivity contribution in [2.24, 2.45) is 0 Å². The van der Waals surface area contributed by atoms with Crippen LogP contribution in [0.25, 0.3) is 11.3 Å². The van der Waals surface area contributed by atoms with Crippen molar-refractivity contribution in [3.8, 4) is 17.3 Å². The van der Waals surface area contributed by atoms with E-state index in [1.807, 2.05) is 23.6 Å². The molecule has 6 nitrogen and oxygen atoms in total. The highest BCUT2D eigenvalue weighted by molar-refractivity contribution is 8.01. The van der Waals surface area contributed by atoms with Gasteiger partial charge in [-0.2, -0.15) is 9.91 Å². The Hall–Kier alpha value is -2.12. The van der Waals surface area contributed by atoms with Crippen molar-refractivity contribution in [1.29, 1.82) is 5.26 Å². The van der Waals surface area contributed by atoms with Crippen molar-refractivity contribution < 1.29 is 14.6 Å². The van der Waals surface area contributed by atoms with E-state index in [2.05, 4.69) is 16.4 Å². The number of amides is 1. The van der Waals surface area contributed by atoms with Gasteiger partial charge < -0.3 is 5.32 Å². The molecule has 1 aromatic heterocycles. The van der Waals surface area contributed by atoms with Gasteiger partial charge in [-0.15, -0.1) is 11.3 Å². The normalized spacial score (nSPS) is 20.0. The quantitative estimate of drug-likeness (QED) is 0.297. The zero-order valence-corrected chi connectivity index (χ0v) is 21.4. The number of piperidine rings is 1. The SMILES string of the molecule is N#Cc1ccc(-c2csc(SCC(=O)NC3CC[N+](O)(Cc4ccc(Cl)c(Cl)c4)CC3)n2)cc1. The molecule has 10 heteroatoms. The van der Waals surface area contributed by atoms with E-state index in [1.54, 1.807) is 24.3 Å². The summed E-state index contributed by atoms with van der Waals surface area (Å²) < 4.78 is 0.752. The van der Waals surface area contributed by atoms with Crippen LogP contribution in [0.5, 0.6) is 0 Å². The summed E-state index contributed by atoms with van der Waals surface area (Å²) in [4.78, 5) is 17.1. The Balaban J connectivity index is 1.22. The maximum absolute atomic E-state index is 12.5. The summed E-state index contributed by atoms with van der Waals surface area (Å²) in [5, 5.41) is 25.9. The number of hydrogen-bond acceptors (Lipinski definition) is 6. The van der Waals surface area contributed by atoms with E-state index >= 15 is 0 Å². The average molecular weight is 535 g/mol. The predicted molar refractivity (Wildman–Crippen MR) is 136 cm³/mol. The summed E-state index contributed by atoms with van der Waals surface area (Å²) in [6, 6.07) is 14.8. The number of nitriles is 1. The zero-order chi connectivity index (χ0) is 24.1. The van der Waals surface area contributed by atoms with Crippen LogP contribution in [0, 0.1) is 11.3 Å². The topological polar surface area (TPSA) is 86.0 Å². The number of aromatic nitrogens is 1. The van der Waals surface area contributed by atoms with Crippen molar-refractivity contribution in [3.63, 3.8) is 0 Å². The molecule has 1 aliphatic rings. The van der Waals surface area contributed by atoms with E-state index in [9.17, 15) is 10.0 Å². The fraction of sp³-hybridized carbons (Fsp3) is 0.292. The Morgan fingerprint density at radius 2 is 1.94 bits per heavy atom. The number of rotatable bonds is 7. The maximum Gasteiger partial charge on any atom is 0.230 e. The maximum atomic E-state index is 12.5. The summed E-state index contributed by atoms with van der Waals surface area (Å²) in [7, 11) is 0. The summed E-state index contributed by atoms with van der Waals surface area (Å²) in [5.41, 5.74) is 3.32. The van der Waals surface area contributed by atoms with Crippen molar-refractivity contribution in [1.82, 2.24) is 10.3 Å². The third-order valence-corrected chi connectivity index (χ3v) is 8.49. The van der Waals surface area contributed by atoms with Crippen LogP contribution in [0.15, 0.2) is 52.2 Å². The lowest BCUT2D eigenvalue weighted by Crippen LogP contribution is -2.54. The summed E-state index contributed by atoms with van der Waals surface area (Å²) >= 11 is 15.0. The molecule has 4 rings (SSSR count). The van der Waals surface area contributed by atoms with Gasteiger partial charge in [0.1, 0.15) is 19.6 Å². The first-order valence-electron chi connectivity index (χ1n) is 10.7. The zero-order valence-electron chi connectivity index (χ0n) is 18.2. The number of hydrogen-bond donors (Lipinski definition) is 2. The number of thiazole rings is 1. The van der Waals surface area contributed by atoms with Crippen molar-refractivity contribution in [2.45, 2.75) is 29.8 Å². The summed E-state index contributed by atoms with van der Waals surface area (Å²) in [5.74, 6) is 0.256. The molecule has 0 aliphatic carbocycles. The first kappa shape index (κ1) is 25.0. The van der Waals surface area contributed by atoms with Gasteiger partial charge in [0.25, 0.3) is 0 Å². The fourth-order valence-electron chi connectivity index (χ4n) is 3.90. The second-order valence-corrected chi connectivity index (χ2v) is 11.2. The van der Waals surface area contributed by atoms with Gasteiger partial charge in [-0.05, 0) is 24.3 Å². The van der Waals surface area contributed by atoms with Crippen LogP contribution < -0.4 is 5.32 Å². The molecule has 0 saturated carbocycles. The van der Waals surface area contributed by atoms with Crippen molar-refractivity contribution in [2.75, 3.05) is 18.8 Å². The lowest BCUT2D eigenvalue weighted by molar-refractivity contribution is -1.12. The first-order valence-corrected chi connectivity index (χ1v) is 13.4. The number of likely N-dealkylation sites (tertiary alicyclic amines) is 1. The molecule has 1 aliphatic heterocycles. The van der Waals surface area contributed by atoms with Gasteiger partial charge in [0.05, 0.1) is 33.1 Å². The first-order chi connectivity index (χ1) is 16.3. The molecule has 1 fully saturated rings. The van der Waals surface area contributed by atoms with Crippen LogP contribution >= 0.6 is 46.3 Å². The molecule has 34 heavy (non-hydrogen) atoms. The summed E-state index contributed by atoms with van der Waals surface area (Å²) in [6.45, 7) is 1.57. The molecule has 0 atom stereocenters. The largest absolute Gasteiger partial charge is 0.352 e. The van der Waals surface area contributed by atoms with E-state index in [0.717, 1.165) is 21.2 Å². The van der Waals surface area contributed by atoms with E-state index in [4.69, 9.17) is 28.5 Å². The van der Waals surface area contributed by atoms with Crippen molar-refractivity contribution >= 4 is 52.2 Å². The standard InChI is InChI=1S/C24H22Cl2N4O2S2/c25-20-6-3-17(11-21(20)26)13-30(32)9-7-19(8-10-30)28-23(31)15-34-24-29-22(14-33-24)18-4-1-16(12-27)2-5-18/h1-6,11,14,19,32H,7-10,13,15H2/p+1. The molecule has 0 bridgehead atoms. The van der Waals surface area contributed by atoms with Crippen LogP contribution in [0.2, 0.25) is 10.0 Å². The van der Waals surface area contributed by atoms with Gasteiger partial charge in [-0.25, -0.2) is 10.2 Å². The van der Waals surface area contributed by atoms with E-state index in [-0.39, 0.29) is 16.6 Å². The average Bonchev–Trinajstić information content (AvgIpc) is 3.31. The van der Waals surface area contributed by atoms with Gasteiger partial charge in [-0.3, -0.25) is 4.79 Å². The van der Waals surface area contributed by atoms with Crippen LogP contribution in [0.4, 0.5) is 0 Å². The van der Waals surface area contributed by atoms with Gasteiger partial charge >= 0.3 is 0 Å². The third kappa shape index (κ3) is 6.51. The number of nitrogens with zero attached hydrogens (tertiary/aromatic N) is 3. The molecule has 2 N–H and O–H groups in total. The number of hydroxylamine groups is 3. The minimum Gasteiger partial charge on any atom is -0.352 e. The molecular formula is C24H23Cl2N4O2S2+. The molecular weight excluding hydrogens is 511 g/mol. The van der Waals surface area contributed by atoms with Gasteiger partial charge in [0.2, 0.25) is 5.91 Å². The minimum atomic E-state index is -0.0731. The highest BCUT2D eigenvalue weighted by Gasteiger charge is 2.34. The molecule has 176 valence electrons. The van der Waals surface area contributed by atoms with Crippen LogP contribution in [-0.2, 0) is 11.3 Å². The van der Waals surface area contributed by atoms with Gasteiger partial charge in [0, 0.05) is 35.4 Å². The third-order valence-electron chi connectivity index (χ3n) is 5.73. The molecule has 2 heterocycles. The van der Waals surface area contributed by atoms with Gasteiger partial charge in [-0.1, -0.05) is 53.2 Å². The van der Waals surface area contributed by atoms with Crippen LogP contribution in [0.3, 0.4) is 0 Å². The summed E-state index contributed by atoms with van der Waals surface area (Å²) in [6.07, 6.45) is 1.41. The minimum absolute atomic E-state index is 0.0347. The number of thioether (sulfide) groups is 1. The number of carbonyl (C=O) groups excluding carboxylic acids is 1. The van der Waals surface area contributed by atoms with E-state index < -0.39 is 0 Å². The lowest BCUT2D eigenvalue weighted by atomic mass is 10.0. The Labute approximate surface area is 216 Å². The molecule has 3 aromatic rings. The molecule has 0 spiro atoms. The smallest absolute Gasteiger partial charge is 0.230 e. The fourth-order valence-corrected chi connectivity index (χ4v) is 5.86. The monoisotopic (exact) mass is 533 g/mol. The Kier molecular flexibility index (Phi) is 8.14. The Morgan fingerprint density at radius 1 is 1.21 bits per heavy atom. The van der Waals surface area contributed by atoms with E-state index in [0.29, 0.717) is 53.8 Å². The highest BCUT2D eigenvalue weighted by atomic mass is 35.5. The number of halogens is 2. The second-order valence-electron chi connectivity index (χ2n) is 8.27. The molecule has 0 unspecified atom stereocenters. The lowest BCUT2D eigenvalue weighted by Gasteiger charge is -2.37. The number of quaternary nitrogens is 1. The number of nitrogens with one attached hydrogen (secondary N) is 1.